The van der Waals surface area contributed by atoms with Gasteiger partial charge in [0.2, 0.25) is 0 Å². The second-order valence-electron chi connectivity index (χ2n) is 4.69. The zero-order valence-corrected chi connectivity index (χ0v) is 12.3. The van der Waals surface area contributed by atoms with Gasteiger partial charge in [0.15, 0.2) is 0 Å². The Balaban J connectivity index is 2.81. The summed E-state index contributed by atoms with van der Waals surface area (Å²) >= 11 is 0. The molecule has 0 saturated carbocycles. The van der Waals surface area contributed by atoms with E-state index >= 15 is 0 Å². The van der Waals surface area contributed by atoms with E-state index in [0.29, 0.717) is 18.7 Å². The van der Waals surface area contributed by atoms with Gasteiger partial charge < -0.3 is 15.8 Å². The SMILES string of the molecule is COCCC(C)NC(=O)c1cc(C#CCN)ccc1C. The van der Waals surface area contributed by atoms with Crippen LogP contribution in [0.1, 0.15) is 34.8 Å². The first-order chi connectivity index (χ1) is 9.58. The fourth-order valence-corrected chi connectivity index (χ4v) is 1.77. The monoisotopic (exact) mass is 274 g/mol. The predicted molar refractivity (Wildman–Crippen MR) is 80.5 cm³/mol. The Kier molecular flexibility index (Phi) is 6.78. The van der Waals surface area contributed by atoms with E-state index in [1.807, 2.05) is 26.0 Å². The summed E-state index contributed by atoms with van der Waals surface area (Å²) in [5.74, 6) is 5.65. The largest absolute Gasteiger partial charge is 0.385 e. The van der Waals surface area contributed by atoms with Crippen LogP contribution in [0.4, 0.5) is 0 Å². The summed E-state index contributed by atoms with van der Waals surface area (Å²) in [6.45, 7) is 4.81. The summed E-state index contributed by atoms with van der Waals surface area (Å²) in [6.07, 6.45) is 0.786. The zero-order valence-electron chi connectivity index (χ0n) is 12.3. The van der Waals surface area contributed by atoms with Crippen molar-refractivity contribution in [2.75, 3.05) is 20.3 Å². The van der Waals surface area contributed by atoms with Crippen molar-refractivity contribution in [2.45, 2.75) is 26.3 Å². The van der Waals surface area contributed by atoms with Crippen LogP contribution in [0.3, 0.4) is 0 Å². The van der Waals surface area contributed by atoms with Crippen molar-refractivity contribution in [3.8, 4) is 11.8 Å². The highest BCUT2D eigenvalue weighted by atomic mass is 16.5. The van der Waals surface area contributed by atoms with Gasteiger partial charge in [-0.05, 0) is 38.0 Å². The Labute approximate surface area is 120 Å². The standard InChI is InChI=1S/C16H22N2O2/c1-12-6-7-14(5-4-9-17)11-15(12)16(19)18-13(2)8-10-20-3/h6-7,11,13H,8-10,17H2,1-3H3,(H,18,19). The molecule has 0 fully saturated rings. The maximum atomic E-state index is 12.2. The quantitative estimate of drug-likeness (QED) is 0.799. The third kappa shape index (κ3) is 5.04. The average molecular weight is 274 g/mol. The van der Waals surface area contributed by atoms with Crippen molar-refractivity contribution in [1.29, 1.82) is 0 Å². The van der Waals surface area contributed by atoms with E-state index in [9.17, 15) is 4.79 Å². The van der Waals surface area contributed by atoms with Crippen LogP contribution in [0.2, 0.25) is 0 Å². The molecule has 4 heteroatoms. The number of benzene rings is 1. The highest BCUT2D eigenvalue weighted by molar-refractivity contribution is 5.96. The molecule has 4 nitrogen and oxygen atoms in total. The Morgan fingerprint density at radius 1 is 1.50 bits per heavy atom. The summed E-state index contributed by atoms with van der Waals surface area (Å²) in [6, 6.07) is 5.66. The van der Waals surface area contributed by atoms with Crippen molar-refractivity contribution in [2.24, 2.45) is 5.73 Å². The van der Waals surface area contributed by atoms with E-state index in [4.69, 9.17) is 10.5 Å². The Morgan fingerprint density at radius 3 is 2.90 bits per heavy atom. The number of hydrogen-bond acceptors (Lipinski definition) is 3. The van der Waals surface area contributed by atoms with Gasteiger partial charge in [-0.3, -0.25) is 4.79 Å². The lowest BCUT2D eigenvalue weighted by Gasteiger charge is -2.14. The second-order valence-corrected chi connectivity index (χ2v) is 4.69. The van der Waals surface area contributed by atoms with Gasteiger partial charge in [0.05, 0.1) is 6.54 Å². The minimum absolute atomic E-state index is 0.0700. The molecule has 0 aliphatic heterocycles. The molecule has 0 bridgehead atoms. The first kappa shape index (κ1) is 16.2. The summed E-state index contributed by atoms with van der Waals surface area (Å²) in [4.78, 5) is 12.2. The molecule has 0 aromatic heterocycles. The first-order valence-electron chi connectivity index (χ1n) is 6.68. The van der Waals surface area contributed by atoms with E-state index in [1.165, 1.54) is 0 Å². The van der Waals surface area contributed by atoms with Gasteiger partial charge in [0, 0.05) is 30.9 Å². The van der Waals surface area contributed by atoms with Gasteiger partial charge >= 0.3 is 0 Å². The number of ether oxygens (including phenoxy) is 1. The van der Waals surface area contributed by atoms with Crippen molar-refractivity contribution >= 4 is 5.91 Å². The minimum atomic E-state index is -0.0810. The van der Waals surface area contributed by atoms with E-state index in [0.717, 1.165) is 17.5 Å². The zero-order chi connectivity index (χ0) is 15.0. The number of nitrogens with two attached hydrogens (primary N) is 1. The van der Waals surface area contributed by atoms with Crippen LogP contribution in [-0.2, 0) is 4.74 Å². The summed E-state index contributed by atoms with van der Waals surface area (Å²) < 4.78 is 5.01. The van der Waals surface area contributed by atoms with Crippen LogP contribution < -0.4 is 11.1 Å². The number of amides is 1. The van der Waals surface area contributed by atoms with E-state index in [-0.39, 0.29) is 11.9 Å². The highest BCUT2D eigenvalue weighted by Gasteiger charge is 2.12. The molecular weight excluding hydrogens is 252 g/mol. The predicted octanol–water partition coefficient (Wildman–Crippen LogP) is 1.46. The number of methoxy groups -OCH3 is 1. The fourth-order valence-electron chi connectivity index (χ4n) is 1.77. The third-order valence-electron chi connectivity index (χ3n) is 2.95. The van der Waals surface area contributed by atoms with Crippen LogP contribution >= 0.6 is 0 Å². The number of carbonyl (C=O) groups excluding carboxylic acids is 1. The molecule has 1 atom stereocenters. The summed E-state index contributed by atoms with van der Waals surface area (Å²) in [5, 5.41) is 2.96. The molecule has 1 aromatic rings. The molecular formula is C16H22N2O2. The summed E-state index contributed by atoms with van der Waals surface area (Å²) in [5.41, 5.74) is 7.73. The molecule has 20 heavy (non-hydrogen) atoms. The van der Waals surface area contributed by atoms with Gasteiger partial charge in [0.1, 0.15) is 0 Å². The van der Waals surface area contributed by atoms with Crippen molar-refractivity contribution in [1.82, 2.24) is 5.32 Å². The van der Waals surface area contributed by atoms with Crippen molar-refractivity contribution in [3.63, 3.8) is 0 Å². The number of rotatable bonds is 5. The lowest BCUT2D eigenvalue weighted by atomic mass is 10.0. The Bertz CT molecular complexity index is 515. The molecule has 0 spiro atoms. The number of aryl methyl sites for hydroxylation is 1. The van der Waals surface area contributed by atoms with Gasteiger partial charge in [0.25, 0.3) is 5.91 Å². The number of hydrogen-bond donors (Lipinski definition) is 2. The van der Waals surface area contributed by atoms with Gasteiger partial charge in [-0.25, -0.2) is 0 Å². The highest BCUT2D eigenvalue weighted by Crippen LogP contribution is 2.11. The average Bonchev–Trinajstić information content (AvgIpc) is 2.44. The minimum Gasteiger partial charge on any atom is -0.385 e. The fraction of sp³-hybridized carbons (Fsp3) is 0.438. The lowest BCUT2D eigenvalue weighted by molar-refractivity contribution is 0.0929. The Morgan fingerprint density at radius 2 is 2.25 bits per heavy atom. The van der Waals surface area contributed by atoms with Crippen molar-refractivity contribution < 1.29 is 9.53 Å². The molecule has 1 unspecified atom stereocenters. The van der Waals surface area contributed by atoms with E-state index < -0.39 is 0 Å². The maximum Gasteiger partial charge on any atom is 0.251 e. The molecule has 0 saturated heterocycles. The smallest absolute Gasteiger partial charge is 0.251 e. The molecule has 1 aromatic carbocycles. The lowest BCUT2D eigenvalue weighted by Crippen LogP contribution is -2.33. The van der Waals surface area contributed by atoms with Crippen LogP contribution in [0.5, 0.6) is 0 Å². The topological polar surface area (TPSA) is 64.3 Å². The molecule has 3 N–H and O–H groups in total. The molecule has 1 rings (SSSR count). The van der Waals surface area contributed by atoms with Crippen LogP contribution in [0, 0.1) is 18.8 Å². The molecule has 0 aliphatic carbocycles. The Hall–Kier alpha value is -1.83. The number of nitrogens with one attached hydrogen (secondary N) is 1. The number of carbonyl (C=O) groups is 1. The van der Waals surface area contributed by atoms with Crippen LogP contribution in [0.25, 0.3) is 0 Å². The normalized spacial score (nSPS) is 11.4. The molecule has 1 amide bonds. The van der Waals surface area contributed by atoms with Gasteiger partial charge in [-0.2, -0.15) is 0 Å². The summed E-state index contributed by atoms with van der Waals surface area (Å²) in [7, 11) is 1.65. The molecule has 0 aliphatic rings. The third-order valence-corrected chi connectivity index (χ3v) is 2.95. The first-order valence-corrected chi connectivity index (χ1v) is 6.68. The van der Waals surface area contributed by atoms with Crippen molar-refractivity contribution in [3.05, 3.63) is 34.9 Å². The van der Waals surface area contributed by atoms with Crippen LogP contribution in [-0.4, -0.2) is 32.2 Å². The second kappa shape index (κ2) is 8.36. The molecule has 108 valence electrons. The van der Waals surface area contributed by atoms with E-state index in [1.54, 1.807) is 13.2 Å². The van der Waals surface area contributed by atoms with E-state index in [2.05, 4.69) is 17.2 Å². The molecule has 0 heterocycles. The van der Waals surface area contributed by atoms with Gasteiger partial charge in [-0.15, -0.1) is 0 Å². The van der Waals surface area contributed by atoms with Crippen LogP contribution in [0.15, 0.2) is 18.2 Å². The maximum absolute atomic E-state index is 12.2. The van der Waals surface area contributed by atoms with Gasteiger partial charge in [-0.1, -0.05) is 17.9 Å². The molecule has 0 radical (unpaired) electrons.